The number of fused-ring (bicyclic) bond motifs is 1. The molecule has 43 heavy (non-hydrogen) atoms. The van der Waals surface area contributed by atoms with Gasteiger partial charge in [-0.1, -0.05) is 42.1 Å². The van der Waals surface area contributed by atoms with Gasteiger partial charge in [-0.05, 0) is 26.3 Å². The molecule has 17 heteroatoms. The van der Waals surface area contributed by atoms with E-state index in [0.29, 0.717) is 0 Å². The van der Waals surface area contributed by atoms with Crippen LogP contribution in [-0.2, 0) is 29.7 Å². The third-order valence-corrected chi connectivity index (χ3v) is 9.60. The number of aliphatic hydroxyl groups is 3. The molecule has 3 heterocycles. The first-order valence-electron chi connectivity index (χ1n) is 13.4. The monoisotopic (exact) mass is 640 g/mol. The highest BCUT2D eigenvalue weighted by Crippen LogP contribution is 2.47. The van der Waals surface area contributed by atoms with Crippen LogP contribution < -0.4 is 15.6 Å². The molecule has 1 fully saturated rings. The van der Waals surface area contributed by atoms with E-state index in [1.54, 1.807) is 13.8 Å². The van der Waals surface area contributed by atoms with Crippen LogP contribution >= 0.6 is 19.5 Å². The summed E-state index contributed by atoms with van der Waals surface area (Å²) in [4.78, 5) is 24.7. The van der Waals surface area contributed by atoms with Gasteiger partial charge in [-0.25, -0.2) is 14.6 Å². The highest BCUT2D eigenvalue weighted by molar-refractivity contribution is 8.13. The first kappa shape index (κ1) is 33.2. The van der Waals surface area contributed by atoms with Gasteiger partial charge in [0.1, 0.15) is 17.8 Å². The van der Waals surface area contributed by atoms with Crippen LogP contribution in [0.2, 0.25) is 0 Å². The Morgan fingerprint density at radius 1 is 1.28 bits per heavy atom. The molecule has 2 aromatic heterocycles. The number of aromatic nitrogens is 4. The van der Waals surface area contributed by atoms with Gasteiger partial charge in [0, 0.05) is 12.3 Å². The van der Waals surface area contributed by atoms with Crippen molar-refractivity contribution >= 4 is 41.7 Å². The number of nitrogens with zero attached hydrogens (tertiary/aromatic N) is 4. The fourth-order valence-electron chi connectivity index (χ4n) is 4.23. The Hall–Kier alpha value is -2.66. The minimum atomic E-state index is -4.02. The van der Waals surface area contributed by atoms with Crippen LogP contribution in [0.1, 0.15) is 32.6 Å². The number of nitrogens with two attached hydrogens (primary N) is 1. The minimum Gasteiger partial charge on any atom is -0.479 e. The summed E-state index contributed by atoms with van der Waals surface area (Å²) in [6.45, 7) is 3.91. The fourth-order valence-corrected chi connectivity index (χ4v) is 6.47. The SMILES string of the molecule is COc1nc(N)nc2c1ncn2C1O[C@H](COP(=O)(NCc2ccccc2)OCCSC(=O)C(C)(C)CO)[C@H](O)C1(C)O. The van der Waals surface area contributed by atoms with Gasteiger partial charge < -0.3 is 30.5 Å². The first-order valence-corrected chi connectivity index (χ1v) is 15.9. The number of aliphatic hydroxyl groups excluding tert-OH is 2. The zero-order valence-corrected chi connectivity index (χ0v) is 26.0. The Morgan fingerprint density at radius 3 is 2.67 bits per heavy atom. The second-order valence-electron chi connectivity index (χ2n) is 10.7. The zero-order chi connectivity index (χ0) is 31.4. The molecule has 4 rings (SSSR count). The van der Waals surface area contributed by atoms with E-state index in [1.807, 2.05) is 30.3 Å². The number of ether oxygens (including phenoxy) is 2. The van der Waals surface area contributed by atoms with Crippen LogP contribution in [0.4, 0.5) is 5.95 Å². The van der Waals surface area contributed by atoms with Gasteiger partial charge in [-0.3, -0.25) is 18.4 Å². The summed E-state index contributed by atoms with van der Waals surface area (Å²) in [6, 6.07) is 9.16. The Morgan fingerprint density at radius 2 is 2.00 bits per heavy atom. The molecule has 15 nitrogen and oxygen atoms in total. The molecule has 1 aromatic carbocycles. The van der Waals surface area contributed by atoms with Gasteiger partial charge in [-0.15, -0.1) is 0 Å². The summed E-state index contributed by atoms with van der Waals surface area (Å²) in [6.07, 6.45) is -2.46. The van der Waals surface area contributed by atoms with Crippen molar-refractivity contribution in [2.24, 2.45) is 5.41 Å². The fraction of sp³-hybridized carbons (Fsp3) is 0.538. The number of methoxy groups -OCH3 is 1. The lowest BCUT2D eigenvalue weighted by atomic mass is 9.96. The summed E-state index contributed by atoms with van der Waals surface area (Å²) in [5, 5.41) is 34.2. The maximum Gasteiger partial charge on any atom is 0.405 e. The normalized spacial score (nSPS) is 23.8. The van der Waals surface area contributed by atoms with E-state index >= 15 is 0 Å². The average Bonchev–Trinajstić information content (AvgIpc) is 3.50. The summed E-state index contributed by atoms with van der Waals surface area (Å²) in [7, 11) is -2.62. The number of anilines is 1. The highest BCUT2D eigenvalue weighted by Gasteiger charge is 2.54. The number of imidazole rings is 1. The number of hydrogen-bond acceptors (Lipinski definition) is 14. The van der Waals surface area contributed by atoms with E-state index in [-0.39, 0.29) is 53.6 Å². The van der Waals surface area contributed by atoms with Crippen LogP contribution in [0, 0.1) is 5.41 Å². The summed E-state index contributed by atoms with van der Waals surface area (Å²) in [5.41, 5.74) is 4.32. The maximum absolute atomic E-state index is 13.8. The van der Waals surface area contributed by atoms with Crippen LogP contribution in [-0.4, -0.2) is 90.4 Å². The van der Waals surface area contributed by atoms with E-state index in [2.05, 4.69) is 20.0 Å². The molecule has 0 spiro atoms. The average molecular weight is 641 g/mol. The van der Waals surface area contributed by atoms with Crippen molar-refractivity contribution in [2.75, 3.05) is 38.4 Å². The second-order valence-corrected chi connectivity index (χ2v) is 13.6. The molecule has 3 aromatic rings. The molecule has 0 saturated carbocycles. The van der Waals surface area contributed by atoms with Crippen molar-refractivity contribution in [1.82, 2.24) is 24.6 Å². The number of thioether (sulfide) groups is 1. The van der Waals surface area contributed by atoms with Crippen LogP contribution in [0.3, 0.4) is 0 Å². The van der Waals surface area contributed by atoms with Crippen LogP contribution in [0.15, 0.2) is 36.7 Å². The number of carbonyl (C=O) groups excluding carboxylic acids is 1. The van der Waals surface area contributed by atoms with Crippen LogP contribution in [0.25, 0.3) is 11.2 Å². The quantitative estimate of drug-likeness (QED) is 0.125. The van der Waals surface area contributed by atoms with Gasteiger partial charge in [0.25, 0.3) is 0 Å². The van der Waals surface area contributed by atoms with Gasteiger partial charge in [-0.2, -0.15) is 9.97 Å². The Labute approximate surface area is 252 Å². The molecule has 0 radical (unpaired) electrons. The summed E-state index contributed by atoms with van der Waals surface area (Å²) >= 11 is 0.947. The van der Waals surface area contributed by atoms with Crippen molar-refractivity contribution in [1.29, 1.82) is 0 Å². The number of benzene rings is 1. The Bertz CT molecular complexity index is 1460. The van der Waals surface area contributed by atoms with Gasteiger partial charge in [0.2, 0.25) is 11.8 Å². The molecule has 236 valence electrons. The number of nitrogens with one attached hydrogen (secondary N) is 1. The lowest BCUT2D eigenvalue weighted by Gasteiger charge is -2.27. The smallest absolute Gasteiger partial charge is 0.405 e. The van der Waals surface area contributed by atoms with Gasteiger partial charge in [0.15, 0.2) is 22.5 Å². The number of nitrogen functional groups attached to an aromatic ring is 1. The molecule has 1 aliphatic heterocycles. The van der Waals surface area contributed by atoms with Crippen molar-refractivity contribution < 1.29 is 43.2 Å². The first-order chi connectivity index (χ1) is 20.3. The van der Waals surface area contributed by atoms with Crippen LogP contribution in [0.5, 0.6) is 5.88 Å². The third kappa shape index (κ3) is 7.53. The molecular weight excluding hydrogens is 603 g/mol. The lowest BCUT2D eigenvalue weighted by molar-refractivity contribution is -0.119. The molecule has 3 unspecified atom stereocenters. The molecular formula is C26H37N6O9PS. The Balaban J connectivity index is 1.47. The topological polar surface area (TPSA) is 213 Å². The zero-order valence-electron chi connectivity index (χ0n) is 24.2. The molecule has 0 bridgehead atoms. The van der Waals surface area contributed by atoms with E-state index in [0.717, 1.165) is 17.3 Å². The van der Waals surface area contributed by atoms with Crippen molar-refractivity contribution in [3.63, 3.8) is 0 Å². The molecule has 1 saturated heterocycles. The summed E-state index contributed by atoms with van der Waals surface area (Å²) < 4.78 is 37.7. The molecule has 6 N–H and O–H groups in total. The third-order valence-electron chi connectivity index (χ3n) is 6.86. The van der Waals surface area contributed by atoms with E-state index in [4.69, 9.17) is 24.3 Å². The van der Waals surface area contributed by atoms with Gasteiger partial charge in [0.05, 0.1) is 38.7 Å². The highest BCUT2D eigenvalue weighted by atomic mass is 32.2. The van der Waals surface area contributed by atoms with Crippen molar-refractivity contribution in [2.45, 2.75) is 51.4 Å². The van der Waals surface area contributed by atoms with E-state index in [1.165, 1.54) is 24.9 Å². The van der Waals surface area contributed by atoms with E-state index < -0.39 is 43.8 Å². The minimum absolute atomic E-state index is 0.0912. The second kappa shape index (κ2) is 13.5. The summed E-state index contributed by atoms with van der Waals surface area (Å²) in [5.74, 6) is 0.192. The largest absolute Gasteiger partial charge is 0.479 e. The standard InChI is InChI=1S/C26H37N6O9PS/c1-25(2,14-33)23(35)43-11-10-39-42(37,29-12-16-8-6-5-7-9-16)40-13-17-19(34)26(3,36)22(41-17)32-15-28-18-20(32)30-24(27)31-21(18)38-4/h5-9,15,17,19,22,33-34,36H,10-14H2,1-4H3,(H,29,37)(H2,27,30,31)/t17-,19+,22?,26?,42?/m1/s1. The Kier molecular flexibility index (Phi) is 10.5. The number of carbonyl (C=O) groups is 1. The predicted molar refractivity (Wildman–Crippen MR) is 158 cm³/mol. The molecule has 0 amide bonds. The molecule has 0 aliphatic carbocycles. The number of rotatable bonds is 14. The lowest BCUT2D eigenvalue weighted by Crippen LogP contribution is -2.44. The predicted octanol–water partition coefficient (Wildman–Crippen LogP) is 1.64. The van der Waals surface area contributed by atoms with Gasteiger partial charge >= 0.3 is 7.75 Å². The van der Waals surface area contributed by atoms with E-state index in [9.17, 15) is 24.7 Å². The number of hydrogen-bond donors (Lipinski definition) is 5. The molecule has 5 atom stereocenters. The molecule has 1 aliphatic rings. The maximum atomic E-state index is 13.8. The van der Waals surface area contributed by atoms with Crippen molar-refractivity contribution in [3.05, 3.63) is 42.2 Å². The van der Waals surface area contributed by atoms with Crippen molar-refractivity contribution in [3.8, 4) is 5.88 Å².